The van der Waals surface area contributed by atoms with Gasteiger partial charge in [0.2, 0.25) is 0 Å². The van der Waals surface area contributed by atoms with Crippen molar-refractivity contribution in [3.05, 3.63) is 59.7 Å². The summed E-state index contributed by atoms with van der Waals surface area (Å²) in [5.74, 6) is -0.808. The van der Waals surface area contributed by atoms with Crippen molar-refractivity contribution < 1.29 is 9.90 Å². The molecule has 0 radical (unpaired) electrons. The Morgan fingerprint density at radius 2 is 1.67 bits per heavy atom. The molecule has 21 heavy (non-hydrogen) atoms. The third-order valence-corrected chi connectivity index (χ3v) is 3.33. The van der Waals surface area contributed by atoms with Gasteiger partial charge in [-0.05, 0) is 35.4 Å². The van der Waals surface area contributed by atoms with Crippen LogP contribution < -0.4 is 10.2 Å². The van der Waals surface area contributed by atoms with Crippen LogP contribution in [0.4, 0.5) is 11.4 Å². The molecule has 0 aliphatic heterocycles. The summed E-state index contributed by atoms with van der Waals surface area (Å²) in [5.41, 5.74) is 4.02. The molecule has 0 amide bonds. The molecule has 0 unspecified atom stereocenters. The Morgan fingerprint density at radius 3 is 2.24 bits per heavy atom. The number of carbonyl (C=O) groups is 1. The molecular weight excluding hydrogens is 264 g/mol. The number of hydrogen-bond acceptors (Lipinski definition) is 3. The van der Waals surface area contributed by atoms with Crippen molar-refractivity contribution >= 4 is 17.3 Å². The Labute approximate surface area is 125 Å². The number of nitrogens with one attached hydrogen (secondary N) is 1. The second-order valence-electron chi connectivity index (χ2n) is 5.13. The van der Waals surface area contributed by atoms with Crippen LogP contribution in [0, 0.1) is 0 Å². The van der Waals surface area contributed by atoms with Crippen LogP contribution in [0.3, 0.4) is 0 Å². The highest BCUT2D eigenvalue weighted by atomic mass is 16.4. The minimum atomic E-state index is -0.808. The molecule has 110 valence electrons. The van der Waals surface area contributed by atoms with Gasteiger partial charge in [0.1, 0.15) is 0 Å². The molecule has 2 N–H and O–H groups in total. The van der Waals surface area contributed by atoms with E-state index in [1.165, 1.54) is 0 Å². The molecule has 0 atom stereocenters. The second-order valence-corrected chi connectivity index (χ2v) is 5.13. The minimum absolute atomic E-state index is 0.0530. The quantitative estimate of drug-likeness (QED) is 0.856. The van der Waals surface area contributed by atoms with Crippen LogP contribution in [0.1, 0.15) is 11.1 Å². The van der Waals surface area contributed by atoms with Gasteiger partial charge in [0.25, 0.3) is 0 Å². The molecule has 0 fully saturated rings. The van der Waals surface area contributed by atoms with Gasteiger partial charge in [-0.25, -0.2) is 0 Å². The lowest BCUT2D eigenvalue weighted by molar-refractivity contribution is -0.136. The first-order valence-electron chi connectivity index (χ1n) is 6.86. The molecule has 0 heterocycles. The Hall–Kier alpha value is -2.49. The van der Waals surface area contributed by atoms with Crippen LogP contribution in [-0.2, 0) is 17.8 Å². The molecule has 2 rings (SSSR count). The van der Waals surface area contributed by atoms with Gasteiger partial charge in [0.15, 0.2) is 0 Å². The van der Waals surface area contributed by atoms with E-state index in [1.807, 2.05) is 67.5 Å². The first-order chi connectivity index (χ1) is 10.1. The molecule has 2 aromatic carbocycles. The molecule has 0 saturated carbocycles. The topological polar surface area (TPSA) is 52.6 Å². The van der Waals surface area contributed by atoms with Crippen molar-refractivity contribution in [3.8, 4) is 0 Å². The Bertz CT molecular complexity index is 606. The van der Waals surface area contributed by atoms with Crippen LogP contribution in [-0.4, -0.2) is 25.2 Å². The number of nitrogens with zero attached hydrogens (tertiary/aromatic N) is 1. The predicted octanol–water partition coefficient (Wildman–Crippen LogP) is 2.99. The van der Waals surface area contributed by atoms with Gasteiger partial charge in [0, 0.05) is 32.0 Å². The van der Waals surface area contributed by atoms with Crippen LogP contribution in [0.15, 0.2) is 48.5 Å². The summed E-state index contributed by atoms with van der Waals surface area (Å²) in [7, 11) is 4.01. The molecule has 0 saturated heterocycles. The molecule has 4 nitrogen and oxygen atoms in total. The van der Waals surface area contributed by atoms with Crippen LogP contribution in [0.25, 0.3) is 0 Å². The maximum absolute atomic E-state index is 10.9. The van der Waals surface area contributed by atoms with Gasteiger partial charge in [-0.15, -0.1) is 0 Å². The number of carboxylic acid groups (broad SMARTS) is 1. The smallest absolute Gasteiger partial charge is 0.307 e. The van der Waals surface area contributed by atoms with E-state index >= 15 is 0 Å². The summed E-state index contributed by atoms with van der Waals surface area (Å²) >= 11 is 0. The zero-order valence-corrected chi connectivity index (χ0v) is 12.3. The van der Waals surface area contributed by atoms with Crippen molar-refractivity contribution in [2.75, 3.05) is 24.3 Å². The molecule has 2 aromatic rings. The Morgan fingerprint density at radius 1 is 1.05 bits per heavy atom. The highest BCUT2D eigenvalue weighted by Crippen LogP contribution is 2.17. The van der Waals surface area contributed by atoms with E-state index in [-0.39, 0.29) is 6.42 Å². The molecule has 0 aliphatic rings. The standard InChI is InChI=1S/C17H20N2O2/c1-19(2)16-9-7-15(8-10-16)18-12-14-6-4-3-5-13(14)11-17(20)21/h3-10,18H,11-12H2,1-2H3,(H,20,21). The van der Waals surface area contributed by atoms with E-state index in [0.717, 1.165) is 22.5 Å². The number of hydrogen-bond donors (Lipinski definition) is 2. The third kappa shape index (κ3) is 4.24. The van der Waals surface area contributed by atoms with Gasteiger partial charge in [-0.2, -0.15) is 0 Å². The fourth-order valence-corrected chi connectivity index (χ4v) is 2.14. The van der Waals surface area contributed by atoms with Crippen molar-refractivity contribution in [1.82, 2.24) is 0 Å². The summed E-state index contributed by atoms with van der Waals surface area (Å²) in [6, 6.07) is 15.8. The van der Waals surface area contributed by atoms with Gasteiger partial charge in [0.05, 0.1) is 6.42 Å². The lowest BCUT2D eigenvalue weighted by Gasteiger charge is -2.14. The Kier molecular flexibility index (Phi) is 4.82. The largest absolute Gasteiger partial charge is 0.481 e. The van der Waals surface area contributed by atoms with Crippen LogP contribution in [0.5, 0.6) is 0 Å². The van der Waals surface area contributed by atoms with E-state index < -0.39 is 5.97 Å². The minimum Gasteiger partial charge on any atom is -0.481 e. The van der Waals surface area contributed by atoms with E-state index in [0.29, 0.717) is 6.54 Å². The Balaban J connectivity index is 2.04. The summed E-state index contributed by atoms with van der Waals surface area (Å²) < 4.78 is 0. The van der Waals surface area contributed by atoms with Crippen molar-refractivity contribution in [2.45, 2.75) is 13.0 Å². The van der Waals surface area contributed by atoms with Crippen LogP contribution >= 0.6 is 0 Å². The van der Waals surface area contributed by atoms with E-state index in [2.05, 4.69) is 5.32 Å². The zero-order valence-electron chi connectivity index (χ0n) is 12.3. The number of anilines is 2. The monoisotopic (exact) mass is 284 g/mol. The normalized spacial score (nSPS) is 10.2. The zero-order chi connectivity index (χ0) is 15.2. The average molecular weight is 284 g/mol. The number of rotatable bonds is 6. The molecule has 4 heteroatoms. The highest BCUT2D eigenvalue weighted by molar-refractivity contribution is 5.70. The van der Waals surface area contributed by atoms with Gasteiger partial charge >= 0.3 is 5.97 Å². The molecular formula is C17H20N2O2. The molecule has 0 aliphatic carbocycles. The maximum atomic E-state index is 10.9. The van der Waals surface area contributed by atoms with Crippen molar-refractivity contribution in [3.63, 3.8) is 0 Å². The van der Waals surface area contributed by atoms with Crippen molar-refractivity contribution in [2.24, 2.45) is 0 Å². The fourth-order valence-electron chi connectivity index (χ4n) is 2.14. The average Bonchev–Trinajstić information content (AvgIpc) is 2.46. The second kappa shape index (κ2) is 6.79. The fraction of sp³-hybridized carbons (Fsp3) is 0.235. The highest BCUT2D eigenvalue weighted by Gasteiger charge is 2.06. The summed E-state index contributed by atoms with van der Waals surface area (Å²) in [4.78, 5) is 12.9. The van der Waals surface area contributed by atoms with E-state index in [9.17, 15) is 4.79 Å². The third-order valence-electron chi connectivity index (χ3n) is 3.33. The first-order valence-corrected chi connectivity index (χ1v) is 6.86. The van der Waals surface area contributed by atoms with Gasteiger partial charge < -0.3 is 15.3 Å². The van der Waals surface area contributed by atoms with Crippen molar-refractivity contribution in [1.29, 1.82) is 0 Å². The summed E-state index contributed by atoms with van der Waals surface area (Å²) in [6.45, 7) is 0.616. The van der Waals surface area contributed by atoms with E-state index in [1.54, 1.807) is 0 Å². The first kappa shape index (κ1) is 14.9. The van der Waals surface area contributed by atoms with Crippen LogP contribution in [0.2, 0.25) is 0 Å². The van der Waals surface area contributed by atoms with Gasteiger partial charge in [-0.1, -0.05) is 24.3 Å². The number of aliphatic carboxylic acids is 1. The number of benzene rings is 2. The molecule has 0 aromatic heterocycles. The predicted molar refractivity (Wildman–Crippen MR) is 85.9 cm³/mol. The summed E-state index contributed by atoms with van der Waals surface area (Å²) in [6.07, 6.45) is 0.0530. The molecule has 0 spiro atoms. The number of carboxylic acids is 1. The lowest BCUT2D eigenvalue weighted by Crippen LogP contribution is -2.09. The summed E-state index contributed by atoms with van der Waals surface area (Å²) in [5, 5.41) is 12.3. The SMILES string of the molecule is CN(C)c1ccc(NCc2ccccc2CC(=O)O)cc1. The lowest BCUT2D eigenvalue weighted by atomic mass is 10.0. The van der Waals surface area contributed by atoms with E-state index in [4.69, 9.17) is 5.11 Å². The molecule has 0 bridgehead atoms. The maximum Gasteiger partial charge on any atom is 0.307 e. The van der Waals surface area contributed by atoms with Gasteiger partial charge in [-0.3, -0.25) is 4.79 Å².